The number of halogens is 1. The number of aryl methyl sites for hydroxylation is 1. The minimum absolute atomic E-state index is 0.221. The summed E-state index contributed by atoms with van der Waals surface area (Å²) in [5.41, 5.74) is 2.23. The fraction of sp³-hybridized carbons (Fsp3) is 0.200. The summed E-state index contributed by atoms with van der Waals surface area (Å²) >= 11 is 1.55. The number of aromatic nitrogens is 4. The van der Waals surface area contributed by atoms with E-state index in [1.54, 1.807) is 11.3 Å². The normalized spacial score (nSPS) is 13.1. The molecule has 1 aliphatic rings. The summed E-state index contributed by atoms with van der Waals surface area (Å²) in [6, 6.07) is 5.71. The summed E-state index contributed by atoms with van der Waals surface area (Å²) in [5, 5.41) is 14.7. The number of carbonyl (C=O) groups excluding carboxylic acids is 1. The molecule has 1 aliphatic carbocycles. The largest absolute Gasteiger partial charge is 0.322 e. The number of nitrogens with zero attached hydrogens (tertiary/aromatic N) is 4. The number of hydrogen-bond acceptors (Lipinski definition) is 5. The molecule has 1 aromatic carbocycles. The van der Waals surface area contributed by atoms with Crippen LogP contribution in [0.25, 0.3) is 5.00 Å². The first kappa shape index (κ1) is 14.0. The van der Waals surface area contributed by atoms with Crippen LogP contribution in [0.4, 0.5) is 10.1 Å². The number of nitrogens with one attached hydrogen (secondary N) is 1. The second kappa shape index (κ2) is 5.54. The van der Waals surface area contributed by atoms with Crippen LogP contribution in [0.15, 0.2) is 30.6 Å². The molecule has 0 radical (unpaired) electrons. The fourth-order valence-corrected chi connectivity index (χ4v) is 4.07. The molecule has 0 saturated carbocycles. The van der Waals surface area contributed by atoms with Gasteiger partial charge in [-0.3, -0.25) is 4.79 Å². The molecule has 0 atom stereocenters. The van der Waals surface area contributed by atoms with Gasteiger partial charge in [0, 0.05) is 10.6 Å². The maximum atomic E-state index is 13.0. The Morgan fingerprint density at radius 2 is 2.09 bits per heavy atom. The van der Waals surface area contributed by atoms with Gasteiger partial charge >= 0.3 is 0 Å². The van der Waals surface area contributed by atoms with Crippen molar-refractivity contribution in [2.75, 3.05) is 5.32 Å². The Morgan fingerprint density at radius 1 is 1.26 bits per heavy atom. The second-order valence-corrected chi connectivity index (χ2v) is 6.34. The van der Waals surface area contributed by atoms with Crippen molar-refractivity contribution in [3.8, 4) is 5.00 Å². The Kier molecular flexibility index (Phi) is 3.38. The summed E-state index contributed by atoms with van der Waals surface area (Å²) in [7, 11) is 0. The Hall–Kier alpha value is -2.61. The quantitative estimate of drug-likeness (QED) is 0.802. The topological polar surface area (TPSA) is 72.7 Å². The summed E-state index contributed by atoms with van der Waals surface area (Å²) in [4.78, 5) is 14.0. The van der Waals surface area contributed by atoms with E-state index >= 15 is 0 Å². The highest BCUT2D eigenvalue weighted by molar-refractivity contribution is 7.15. The van der Waals surface area contributed by atoms with Crippen LogP contribution >= 0.6 is 11.3 Å². The van der Waals surface area contributed by atoms with Crippen molar-refractivity contribution < 1.29 is 9.18 Å². The molecule has 23 heavy (non-hydrogen) atoms. The van der Waals surface area contributed by atoms with Crippen molar-refractivity contribution in [3.05, 3.63) is 52.4 Å². The Morgan fingerprint density at radius 3 is 2.83 bits per heavy atom. The number of amides is 1. The molecule has 2 heterocycles. The first-order chi connectivity index (χ1) is 11.2. The van der Waals surface area contributed by atoms with Gasteiger partial charge in [0.05, 0.1) is 5.56 Å². The maximum Gasteiger partial charge on any atom is 0.259 e. The van der Waals surface area contributed by atoms with E-state index in [1.807, 2.05) is 0 Å². The van der Waals surface area contributed by atoms with Crippen molar-refractivity contribution in [1.82, 2.24) is 20.2 Å². The van der Waals surface area contributed by atoms with Gasteiger partial charge in [-0.2, -0.15) is 4.68 Å². The molecule has 0 unspecified atom stereocenters. The minimum atomic E-state index is -0.339. The summed E-state index contributed by atoms with van der Waals surface area (Å²) in [6.07, 6.45) is 4.38. The van der Waals surface area contributed by atoms with E-state index < -0.39 is 0 Å². The highest BCUT2D eigenvalue weighted by atomic mass is 32.1. The SMILES string of the molecule is O=C(Nc1ccc(F)cc1)c1c(-n2cnnn2)sc2c1CCC2. The molecule has 2 aromatic heterocycles. The van der Waals surface area contributed by atoms with Gasteiger partial charge in [0.25, 0.3) is 5.91 Å². The van der Waals surface area contributed by atoms with Crippen LogP contribution in [0.2, 0.25) is 0 Å². The summed E-state index contributed by atoms with van der Waals surface area (Å²) in [5.74, 6) is -0.560. The molecular weight excluding hydrogens is 317 g/mol. The number of thiophene rings is 1. The third kappa shape index (κ3) is 2.50. The lowest BCUT2D eigenvalue weighted by Crippen LogP contribution is -2.15. The lowest BCUT2D eigenvalue weighted by molar-refractivity contribution is 0.102. The molecule has 0 fully saturated rings. The molecule has 4 rings (SSSR count). The molecular formula is C15H12FN5OS. The van der Waals surface area contributed by atoms with E-state index in [4.69, 9.17) is 0 Å². The predicted molar refractivity (Wildman–Crippen MR) is 83.4 cm³/mol. The number of benzene rings is 1. The van der Waals surface area contributed by atoms with Crippen molar-refractivity contribution in [1.29, 1.82) is 0 Å². The molecule has 116 valence electrons. The van der Waals surface area contributed by atoms with Crippen LogP contribution in [0.1, 0.15) is 27.2 Å². The van der Waals surface area contributed by atoms with Crippen LogP contribution in [0.5, 0.6) is 0 Å². The third-order valence-electron chi connectivity index (χ3n) is 3.79. The van der Waals surface area contributed by atoms with Crippen molar-refractivity contribution in [3.63, 3.8) is 0 Å². The van der Waals surface area contributed by atoms with E-state index in [2.05, 4.69) is 20.8 Å². The Bertz CT molecular complexity index is 857. The van der Waals surface area contributed by atoms with E-state index in [0.717, 1.165) is 29.8 Å². The van der Waals surface area contributed by atoms with Crippen LogP contribution in [-0.2, 0) is 12.8 Å². The zero-order valence-corrected chi connectivity index (χ0v) is 12.8. The molecule has 6 nitrogen and oxygen atoms in total. The number of tetrazole rings is 1. The lowest BCUT2D eigenvalue weighted by Gasteiger charge is -2.08. The van der Waals surface area contributed by atoms with E-state index in [9.17, 15) is 9.18 Å². The van der Waals surface area contributed by atoms with Crippen LogP contribution in [-0.4, -0.2) is 26.1 Å². The van der Waals surface area contributed by atoms with Crippen LogP contribution in [0, 0.1) is 5.82 Å². The minimum Gasteiger partial charge on any atom is -0.322 e. The number of rotatable bonds is 3. The Labute approximate surface area is 135 Å². The average Bonchev–Trinajstić information content (AvgIpc) is 3.24. The molecule has 3 aromatic rings. The van der Waals surface area contributed by atoms with Gasteiger partial charge in [0.15, 0.2) is 0 Å². The van der Waals surface area contributed by atoms with E-state index in [1.165, 1.54) is 40.2 Å². The first-order valence-corrected chi connectivity index (χ1v) is 7.99. The monoisotopic (exact) mass is 329 g/mol. The summed E-state index contributed by atoms with van der Waals surface area (Å²) < 4.78 is 14.5. The standard InChI is InChI=1S/C15H12FN5OS/c16-9-4-6-10(7-5-9)18-14(22)13-11-2-1-3-12(11)23-15(13)21-8-17-19-20-21/h4-8H,1-3H2,(H,18,22). The zero-order chi connectivity index (χ0) is 15.8. The second-order valence-electron chi connectivity index (χ2n) is 5.25. The fourth-order valence-electron chi connectivity index (χ4n) is 2.77. The number of anilines is 1. The molecule has 8 heteroatoms. The predicted octanol–water partition coefficient (Wildman–Crippen LogP) is 2.60. The van der Waals surface area contributed by atoms with Gasteiger partial charge < -0.3 is 5.32 Å². The number of carbonyl (C=O) groups is 1. The van der Waals surface area contributed by atoms with Gasteiger partial charge in [0.1, 0.15) is 17.1 Å². The zero-order valence-electron chi connectivity index (χ0n) is 12.0. The third-order valence-corrected chi connectivity index (χ3v) is 5.07. The molecule has 0 saturated heterocycles. The molecule has 1 N–H and O–H groups in total. The highest BCUT2D eigenvalue weighted by Gasteiger charge is 2.28. The van der Waals surface area contributed by atoms with Gasteiger partial charge in [-0.25, -0.2) is 4.39 Å². The Balaban J connectivity index is 1.72. The average molecular weight is 329 g/mol. The number of fused-ring (bicyclic) bond motifs is 1. The van der Waals surface area contributed by atoms with Gasteiger partial charge in [0.2, 0.25) is 0 Å². The first-order valence-electron chi connectivity index (χ1n) is 7.17. The van der Waals surface area contributed by atoms with E-state index in [0.29, 0.717) is 11.3 Å². The highest BCUT2D eigenvalue weighted by Crippen LogP contribution is 2.37. The molecule has 0 spiro atoms. The van der Waals surface area contributed by atoms with Crippen LogP contribution in [0.3, 0.4) is 0 Å². The molecule has 1 amide bonds. The number of hydrogen-bond donors (Lipinski definition) is 1. The smallest absolute Gasteiger partial charge is 0.259 e. The van der Waals surface area contributed by atoms with Crippen molar-refractivity contribution >= 4 is 22.9 Å². The van der Waals surface area contributed by atoms with Gasteiger partial charge in [-0.05, 0) is 59.5 Å². The van der Waals surface area contributed by atoms with Crippen molar-refractivity contribution in [2.45, 2.75) is 19.3 Å². The van der Waals surface area contributed by atoms with Gasteiger partial charge in [-0.1, -0.05) is 0 Å². The molecule has 0 aliphatic heterocycles. The van der Waals surface area contributed by atoms with Gasteiger partial charge in [-0.15, -0.1) is 16.4 Å². The van der Waals surface area contributed by atoms with E-state index in [-0.39, 0.29) is 11.7 Å². The molecule has 0 bridgehead atoms. The van der Waals surface area contributed by atoms with Crippen LogP contribution < -0.4 is 5.32 Å². The summed E-state index contributed by atoms with van der Waals surface area (Å²) in [6.45, 7) is 0. The maximum absolute atomic E-state index is 13.0. The lowest BCUT2D eigenvalue weighted by atomic mass is 10.1. The van der Waals surface area contributed by atoms with Crippen molar-refractivity contribution in [2.24, 2.45) is 0 Å².